The molecule has 0 rings (SSSR count). The van der Waals surface area contributed by atoms with E-state index in [9.17, 15) is 9.00 Å². The number of nitrogens with zero attached hydrogens (tertiary/aromatic N) is 1. The lowest BCUT2D eigenvalue weighted by Crippen LogP contribution is -2.19. The van der Waals surface area contributed by atoms with Gasteiger partial charge in [0.1, 0.15) is 11.0 Å². The fourth-order valence-corrected chi connectivity index (χ4v) is 1.12. The van der Waals surface area contributed by atoms with Crippen molar-refractivity contribution in [1.82, 2.24) is 0 Å². The molecule has 14 heavy (non-hydrogen) atoms. The van der Waals surface area contributed by atoms with Crippen molar-refractivity contribution in [2.75, 3.05) is 7.11 Å². The van der Waals surface area contributed by atoms with Gasteiger partial charge in [-0.3, -0.25) is 4.79 Å². The Kier molecular flexibility index (Phi) is 5.60. The van der Waals surface area contributed by atoms with E-state index in [2.05, 4.69) is 9.13 Å². The van der Waals surface area contributed by atoms with Crippen LogP contribution in [-0.4, -0.2) is 28.2 Å². The van der Waals surface area contributed by atoms with Crippen LogP contribution in [-0.2, 0) is 20.5 Å². The van der Waals surface area contributed by atoms with Crippen LogP contribution in [0.1, 0.15) is 33.6 Å². The Morgan fingerprint density at radius 3 is 2.50 bits per heavy atom. The summed E-state index contributed by atoms with van der Waals surface area (Å²) >= 11 is 0. The number of hydrogen-bond donors (Lipinski definition) is 0. The minimum Gasteiger partial charge on any atom is -0.469 e. The van der Waals surface area contributed by atoms with E-state index in [0.717, 1.165) is 0 Å². The van der Waals surface area contributed by atoms with Crippen molar-refractivity contribution >= 4 is 23.2 Å². The van der Waals surface area contributed by atoms with Crippen LogP contribution in [0.5, 0.6) is 0 Å². The number of carbonyl (C=O) groups excluding carboxylic acids is 1. The second kappa shape index (κ2) is 5.90. The maximum atomic E-state index is 11.4. The number of methoxy groups -OCH3 is 1. The standard InChI is InChI=1S/C9H17NO3S/c1-9(2,3)14(12)10-7-5-6-8(11)13-4/h7H,5-6H2,1-4H3/t14-/m1/s1. The number of carbonyl (C=O) groups is 1. The number of rotatable bonds is 4. The molecule has 0 saturated heterocycles. The third-order valence-electron chi connectivity index (χ3n) is 1.40. The van der Waals surface area contributed by atoms with E-state index in [0.29, 0.717) is 6.42 Å². The van der Waals surface area contributed by atoms with Gasteiger partial charge in [-0.1, -0.05) is 0 Å². The first-order valence-corrected chi connectivity index (χ1v) is 5.50. The SMILES string of the molecule is COC(=O)CCC=N[S@](=O)C(C)(C)C. The summed E-state index contributed by atoms with van der Waals surface area (Å²) in [5.74, 6) is -0.280. The summed E-state index contributed by atoms with van der Waals surface area (Å²) in [6, 6.07) is 0. The molecule has 0 aromatic carbocycles. The molecule has 0 aromatic rings. The lowest BCUT2D eigenvalue weighted by Gasteiger charge is -2.12. The molecule has 0 fully saturated rings. The molecular formula is C9H17NO3S. The summed E-state index contributed by atoms with van der Waals surface area (Å²) in [7, 11) is 0.103. The highest BCUT2D eigenvalue weighted by molar-refractivity contribution is 7.85. The molecule has 0 N–H and O–H groups in total. The third kappa shape index (κ3) is 5.85. The highest BCUT2D eigenvalue weighted by Crippen LogP contribution is 2.11. The molecule has 0 bridgehead atoms. The molecule has 0 amide bonds. The highest BCUT2D eigenvalue weighted by Gasteiger charge is 2.17. The minimum absolute atomic E-state index is 0.279. The first-order chi connectivity index (χ1) is 6.38. The van der Waals surface area contributed by atoms with Crippen LogP contribution >= 0.6 is 0 Å². The van der Waals surface area contributed by atoms with E-state index in [1.165, 1.54) is 13.3 Å². The van der Waals surface area contributed by atoms with Crippen LogP contribution in [0.3, 0.4) is 0 Å². The van der Waals surface area contributed by atoms with E-state index in [1.807, 2.05) is 20.8 Å². The van der Waals surface area contributed by atoms with Crippen molar-refractivity contribution in [3.63, 3.8) is 0 Å². The van der Waals surface area contributed by atoms with Gasteiger partial charge in [-0.2, -0.15) is 4.40 Å². The van der Waals surface area contributed by atoms with E-state index in [1.54, 1.807) is 0 Å². The Labute approximate surface area is 87.3 Å². The first-order valence-electron chi connectivity index (χ1n) is 4.39. The average Bonchev–Trinajstić information content (AvgIpc) is 2.09. The van der Waals surface area contributed by atoms with Crippen molar-refractivity contribution in [3.05, 3.63) is 0 Å². The monoisotopic (exact) mass is 219 g/mol. The Morgan fingerprint density at radius 1 is 1.50 bits per heavy atom. The molecule has 0 unspecified atom stereocenters. The Balaban J connectivity index is 3.85. The summed E-state index contributed by atoms with van der Waals surface area (Å²) in [5, 5.41) is 0. The Morgan fingerprint density at radius 2 is 2.07 bits per heavy atom. The van der Waals surface area contributed by atoms with Crippen molar-refractivity contribution in [3.8, 4) is 0 Å². The molecule has 0 aliphatic rings. The quantitative estimate of drug-likeness (QED) is 0.531. The van der Waals surface area contributed by atoms with Gasteiger partial charge in [-0.15, -0.1) is 0 Å². The van der Waals surface area contributed by atoms with E-state index in [4.69, 9.17) is 0 Å². The highest BCUT2D eigenvalue weighted by atomic mass is 32.2. The zero-order valence-corrected chi connectivity index (χ0v) is 9.89. The van der Waals surface area contributed by atoms with Gasteiger partial charge in [-0.05, 0) is 27.2 Å². The van der Waals surface area contributed by atoms with Crippen molar-refractivity contribution in [2.24, 2.45) is 4.40 Å². The summed E-state index contributed by atoms with van der Waals surface area (Å²) in [4.78, 5) is 10.7. The predicted molar refractivity (Wildman–Crippen MR) is 57.6 cm³/mol. The largest absolute Gasteiger partial charge is 0.469 e. The lowest BCUT2D eigenvalue weighted by atomic mass is 10.3. The van der Waals surface area contributed by atoms with E-state index in [-0.39, 0.29) is 17.1 Å². The lowest BCUT2D eigenvalue weighted by molar-refractivity contribution is -0.140. The molecule has 1 atom stereocenters. The summed E-state index contributed by atoms with van der Waals surface area (Å²) in [6.07, 6.45) is 2.26. The van der Waals surface area contributed by atoms with Crippen LogP contribution in [0.15, 0.2) is 4.40 Å². The van der Waals surface area contributed by atoms with Gasteiger partial charge in [-0.25, -0.2) is 4.21 Å². The number of ether oxygens (including phenoxy) is 1. The second-order valence-corrected chi connectivity index (χ2v) is 5.70. The molecule has 5 heteroatoms. The fourth-order valence-electron chi connectivity index (χ4n) is 0.563. The topological polar surface area (TPSA) is 55.7 Å². The number of esters is 1. The van der Waals surface area contributed by atoms with Crippen LogP contribution in [0.25, 0.3) is 0 Å². The van der Waals surface area contributed by atoms with Crippen LogP contribution < -0.4 is 0 Å². The van der Waals surface area contributed by atoms with Crippen LogP contribution in [0.2, 0.25) is 0 Å². The van der Waals surface area contributed by atoms with Crippen molar-refractivity contribution < 1.29 is 13.7 Å². The van der Waals surface area contributed by atoms with E-state index >= 15 is 0 Å². The van der Waals surface area contributed by atoms with Gasteiger partial charge >= 0.3 is 5.97 Å². The Bertz CT molecular complexity index is 243. The number of hydrogen-bond acceptors (Lipinski definition) is 3. The molecule has 0 spiro atoms. The maximum absolute atomic E-state index is 11.4. The first kappa shape index (κ1) is 13.3. The van der Waals surface area contributed by atoms with Crippen LogP contribution in [0, 0.1) is 0 Å². The average molecular weight is 219 g/mol. The van der Waals surface area contributed by atoms with Gasteiger partial charge in [0.05, 0.1) is 18.3 Å². The zero-order valence-electron chi connectivity index (χ0n) is 9.07. The molecule has 0 saturated carbocycles. The smallest absolute Gasteiger partial charge is 0.305 e. The second-order valence-electron chi connectivity index (χ2n) is 3.76. The fraction of sp³-hybridized carbons (Fsp3) is 0.778. The Hall–Kier alpha value is -0.710. The van der Waals surface area contributed by atoms with Gasteiger partial charge in [0.25, 0.3) is 0 Å². The molecular weight excluding hydrogens is 202 g/mol. The molecule has 82 valence electrons. The molecule has 0 aliphatic heterocycles. The molecule has 0 heterocycles. The minimum atomic E-state index is -1.24. The van der Waals surface area contributed by atoms with Crippen LogP contribution in [0.4, 0.5) is 0 Å². The zero-order chi connectivity index (χ0) is 11.2. The molecule has 0 aliphatic carbocycles. The van der Waals surface area contributed by atoms with Crippen molar-refractivity contribution in [2.45, 2.75) is 38.4 Å². The van der Waals surface area contributed by atoms with E-state index < -0.39 is 11.0 Å². The predicted octanol–water partition coefficient (Wildman–Crippen LogP) is 1.47. The normalized spacial score (nSPS) is 14.3. The van der Waals surface area contributed by atoms with Gasteiger partial charge in [0.15, 0.2) is 0 Å². The van der Waals surface area contributed by atoms with Gasteiger partial charge in [0.2, 0.25) is 0 Å². The summed E-state index contributed by atoms with van der Waals surface area (Å²) in [5.41, 5.74) is 0. The third-order valence-corrected chi connectivity index (χ3v) is 2.79. The molecule has 0 radical (unpaired) electrons. The van der Waals surface area contributed by atoms with Gasteiger partial charge in [0, 0.05) is 6.21 Å². The summed E-state index contributed by atoms with van der Waals surface area (Å²) < 4.78 is 19.3. The molecule has 0 aromatic heterocycles. The van der Waals surface area contributed by atoms with Gasteiger partial charge < -0.3 is 4.74 Å². The summed E-state index contributed by atoms with van der Waals surface area (Å²) in [6.45, 7) is 5.54. The molecule has 4 nitrogen and oxygen atoms in total. The van der Waals surface area contributed by atoms with Crippen molar-refractivity contribution in [1.29, 1.82) is 0 Å². The maximum Gasteiger partial charge on any atom is 0.305 e.